The van der Waals surface area contributed by atoms with Gasteiger partial charge < -0.3 is 15.5 Å². The Morgan fingerprint density at radius 2 is 2.39 bits per heavy atom. The number of aromatic nitrogens is 2. The molecule has 3 heterocycles. The number of carbonyl (C=O) groups is 1. The first kappa shape index (κ1) is 15.7. The van der Waals surface area contributed by atoms with Gasteiger partial charge in [0.15, 0.2) is 0 Å². The Bertz CT molecular complexity index is 645. The van der Waals surface area contributed by atoms with Crippen molar-refractivity contribution < 1.29 is 4.79 Å². The Hall–Kier alpha value is -2.15. The molecule has 2 amide bonds. The van der Waals surface area contributed by atoms with Crippen LogP contribution in [0.2, 0.25) is 0 Å². The van der Waals surface area contributed by atoms with Crippen LogP contribution in [-0.4, -0.2) is 35.1 Å². The first-order chi connectivity index (χ1) is 11.2. The van der Waals surface area contributed by atoms with Crippen LogP contribution in [0.4, 0.5) is 10.6 Å². The van der Waals surface area contributed by atoms with E-state index in [0.717, 1.165) is 42.5 Å². The lowest BCUT2D eigenvalue weighted by Crippen LogP contribution is -2.43. The minimum atomic E-state index is -0.135. The standard InChI is InChI=1S/C16H21N5OS/c1-2-15-19-13(11-23-15)9-18-16(22)20-12-6-8-21(10-12)14-5-3-4-7-17-14/h3-5,7,11-12H,2,6,8-10H2,1H3,(H2,18,20,22). The van der Waals surface area contributed by atoms with Gasteiger partial charge in [-0.15, -0.1) is 11.3 Å². The molecule has 0 radical (unpaired) electrons. The van der Waals surface area contributed by atoms with Crippen LogP contribution >= 0.6 is 11.3 Å². The zero-order valence-corrected chi connectivity index (χ0v) is 14.0. The minimum Gasteiger partial charge on any atom is -0.354 e. The topological polar surface area (TPSA) is 70.2 Å². The molecule has 0 aromatic carbocycles. The van der Waals surface area contributed by atoms with E-state index in [2.05, 4.69) is 32.4 Å². The molecule has 122 valence electrons. The second kappa shape index (κ2) is 7.41. The Morgan fingerprint density at radius 1 is 1.48 bits per heavy atom. The van der Waals surface area contributed by atoms with Crippen LogP contribution in [0.1, 0.15) is 24.0 Å². The molecule has 1 saturated heterocycles. The molecule has 1 aliphatic rings. The van der Waals surface area contributed by atoms with Crippen LogP contribution in [0.3, 0.4) is 0 Å². The predicted octanol–water partition coefficient (Wildman–Crippen LogP) is 2.18. The molecule has 6 nitrogen and oxygen atoms in total. The lowest BCUT2D eigenvalue weighted by Gasteiger charge is -2.17. The summed E-state index contributed by atoms with van der Waals surface area (Å²) in [5, 5.41) is 9.00. The second-order valence-electron chi connectivity index (χ2n) is 5.53. The number of pyridine rings is 1. The third kappa shape index (κ3) is 4.19. The van der Waals surface area contributed by atoms with Gasteiger partial charge in [0, 0.05) is 30.7 Å². The second-order valence-corrected chi connectivity index (χ2v) is 6.48. The monoisotopic (exact) mass is 331 g/mol. The number of anilines is 1. The third-order valence-electron chi connectivity index (χ3n) is 3.83. The molecule has 23 heavy (non-hydrogen) atoms. The zero-order chi connectivity index (χ0) is 16.1. The fraction of sp³-hybridized carbons (Fsp3) is 0.438. The van der Waals surface area contributed by atoms with Crippen molar-refractivity contribution in [3.8, 4) is 0 Å². The largest absolute Gasteiger partial charge is 0.354 e. The quantitative estimate of drug-likeness (QED) is 0.881. The predicted molar refractivity (Wildman–Crippen MR) is 91.7 cm³/mol. The number of aryl methyl sites for hydroxylation is 1. The molecule has 2 N–H and O–H groups in total. The van der Waals surface area contributed by atoms with Gasteiger partial charge in [-0.05, 0) is 25.0 Å². The van der Waals surface area contributed by atoms with Crippen molar-refractivity contribution in [3.05, 3.63) is 40.5 Å². The molecule has 1 unspecified atom stereocenters. The number of hydrogen-bond acceptors (Lipinski definition) is 5. The summed E-state index contributed by atoms with van der Waals surface area (Å²) >= 11 is 1.64. The van der Waals surface area contributed by atoms with Gasteiger partial charge in [-0.1, -0.05) is 13.0 Å². The number of hydrogen-bond donors (Lipinski definition) is 2. The fourth-order valence-corrected chi connectivity index (χ4v) is 3.37. The molecule has 2 aromatic heterocycles. The maximum atomic E-state index is 12.0. The highest BCUT2D eigenvalue weighted by Gasteiger charge is 2.24. The average molecular weight is 331 g/mol. The summed E-state index contributed by atoms with van der Waals surface area (Å²) in [6, 6.07) is 5.90. The lowest BCUT2D eigenvalue weighted by molar-refractivity contribution is 0.237. The molecule has 2 aromatic rings. The molecule has 0 aliphatic carbocycles. The molecule has 0 spiro atoms. The smallest absolute Gasteiger partial charge is 0.315 e. The molecule has 1 atom stereocenters. The summed E-state index contributed by atoms with van der Waals surface area (Å²) in [6.07, 6.45) is 3.66. The van der Waals surface area contributed by atoms with E-state index in [9.17, 15) is 4.79 Å². The molecule has 7 heteroatoms. The summed E-state index contributed by atoms with van der Waals surface area (Å²) in [5.74, 6) is 0.965. The maximum absolute atomic E-state index is 12.0. The Morgan fingerprint density at radius 3 is 3.13 bits per heavy atom. The maximum Gasteiger partial charge on any atom is 0.315 e. The number of nitrogens with zero attached hydrogens (tertiary/aromatic N) is 3. The van der Waals surface area contributed by atoms with Crippen molar-refractivity contribution in [2.45, 2.75) is 32.4 Å². The number of carbonyl (C=O) groups excluding carboxylic acids is 1. The van der Waals surface area contributed by atoms with E-state index in [4.69, 9.17) is 0 Å². The molecule has 0 bridgehead atoms. The molecular formula is C16H21N5OS. The fourth-order valence-electron chi connectivity index (χ4n) is 2.63. The normalized spacial score (nSPS) is 17.3. The van der Waals surface area contributed by atoms with Gasteiger partial charge >= 0.3 is 6.03 Å². The highest BCUT2D eigenvalue weighted by Crippen LogP contribution is 2.17. The van der Waals surface area contributed by atoms with Gasteiger partial charge in [-0.2, -0.15) is 0 Å². The first-order valence-electron chi connectivity index (χ1n) is 7.88. The van der Waals surface area contributed by atoms with Gasteiger partial charge in [-0.3, -0.25) is 0 Å². The van der Waals surface area contributed by atoms with Crippen LogP contribution in [0, 0.1) is 0 Å². The molecule has 1 aliphatic heterocycles. The third-order valence-corrected chi connectivity index (χ3v) is 4.87. The van der Waals surface area contributed by atoms with E-state index >= 15 is 0 Å². The molecule has 3 rings (SSSR count). The van der Waals surface area contributed by atoms with Crippen LogP contribution < -0.4 is 15.5 Å². The van der Waals surface area contributed by atoms with E-state index in [-0.39, 0.29) is 12.1 Å². The van der Waals surface area contributed by atoms with Gasteiger partial charge in [0.25, 0.3) is 0 Å². The van der Waals surface area contributed by atoms with Crippen LogP contribution in [0.25, 0.3) is 0 Å². The highest BCUT2D eigenvalue weighted by molar-refractivity contribution is 7.09. The Labute approximate surface area is 140 Å². The lowest BCUT2D eigenvalue weighted by atomic mass is 10.3. The van der Waals surface area contributed by atoms with Gasteiger partial charge in [-0.25, -0.2) is 14.8 Å². The number of amides is 2. The van der Waals surface area contributed by atoms with Gasteiger partial charge in [0.05, 0.1) is 17.2 Å². The van der Waals surface area contributed by atoms with E-state index in [1.807, 2.05) is 23.6 Å². The summed E-state index contributed by atoms with van der Waals surface area (Å²) in [5.41, 5.74) is 0.920. The average Bonchev–Trinajstić information content (AvgIpc) is 3.23. The van der Waals surface area contributed by atoms with E-state index in [0.29, 0.717) is 6.54 Å². The number of thiazole rings is 1. The van der Waals surface area contributed by atoms with Gasteiger partial charge in [0.2, 0.25) is 0 Å². The van der Waals surface area contributed by atoms with Crippen LogP contribution in [0.5, 0.6) is 0 Å². The Kier molecular flexibility index (Phi) is 5.07. The minimum absolute atomic E-state index is 0.135. The van der Waals surface area contributed by atoms with Gasteiger partial charge in [0.1, 0.15) is 5.82 Å². The summed E-state index contributed by atoms with van der Waals surface area (Å²) < 4.78 is 0. The van der Waals surface area contributed by atoms with Crippen molar-refractivity contribution in [2.75, 3.05) is 18.0 Å². The van der Waals surface area contributed by atoms with E-state index in [1.165, 1.54) is 0 Å². The zero-order valence-electron chi connectivity index (χ0n) is 13.2. The summed E-state index contributed by atoms with van der Waals surface area (Å²) in [4.78, 5) is 23.0. The van der Waals surface area contributed by atoms with E-state index < -0.39 is 0 Å². The molecule has 1 fully saturated rings. The first-order valence-corrected chi connectivity index (χ1v) is 8.76. The SMILES string of the molecule is CCc1nc(CNC(=O)NC2CCN(c3ccccn3)C2)cs1. The Balaban J connectivity index is 1.44. The van der Waals surface area contributed by atoms with E-state index in [1.54, 1.807) is 17.5 Å². The number of nitrogens with one attached hydrogen (secondary N) is 2. The van der Waals surface area contributed by atoms with Crippen molar-refractivity contribution in [3.63, 3.8) is 0 Å². The van der Waals surface area contributed by atoms with Crippen LogP contribution in [-0.2, 0) is 13.0 Å². The molecule has 0 saturated carbocycles. The van der Waals surface area contributed by atoms with Crippen molar-refractivity contribution in [1.82, 2.24) is 20.6 Å². The van der Waals surface area contributed by atoms with Crippen molar-refractivity contribution in [2.24, 2.45) is 0 Å². The molecular weight excluding hydrogens is 310 g/mol. The van der Waals surface area contributed by atoms with Crippen molar-refractivity contribution in [1.29, 1.82) is 0 Å². The number of urea groups is 1. The highest BCUT2D eigenvalue weighted by atomic mass is 32.1. The van der Waals surface area contributed by atoms with Crippen molar-refractivity contribution >= 4 is 23.2 Å². The summed E-state index contributed by atoms with van der Waals surface area (Å²) in [7, 11) is 0. The number of rotatable bonds is 5. The summed E-state index contributed by atoms with van der Waals surface area (Å²) in [6.45, 7) is 4.25. The van der Waals surface area contributed by atoms with Crippen LogP contribution in [0.15, 0.2) is 29.8 Å².